The summed E-state index contributed by atoms with van der Waals surface area (Å²) < 4.78 is 0. The quantitative estimate of drug-likeness (QED) is 0.608. The fourth-order valence-electron chi connectivity index (χ4n) is 4.47. The number of rotatable bonds is 2. The SMILES string of the molecule is CC1(C)CCCC(C)(C)N1OC1(Cl)C(Br)CC(C)(C)N(O)C1(C)C. The van der Waals surface area contributed by atoms with Crippen molar-refractivity contribution in [2.75, 3.05) is 0 Å². The largest absolute Gasteiger partial charge is 0.313 e. The van der Waals surface area contributed by atoms with Gasteiger partial charge in [0.2, 0.25) is 0 Å². The van der Waals surface area contributed by atoms with E-state index in [1.807, 2.05) is 27.7 Å². The first-order valence-corrected chi connectivity index (χ1v) is 10.2. The molecular weight excluding hydrogens is 392 g/mol. The van der Waals surface area contributed by atoms with Gasteiger partial charge in [0.05, 0.1) is 10.4 Å². The molecule has 2 unspecified atom stereocenters. The molecule has 24 heavy (non-hydrogen) atoms. The van der Waals surface area contributed by atoms with Gasteiger partial charge < -0.3 is 5.21 Å². The Labute approximate surface area is 160 Å². The average Bonchev–Trinajstić information content (AvgIpc) is 2.39. The lowest BCUT2D eigenvalue weighted by molar-refractivity contribution is -0.370. The number of hydroxylamine groups is 4. The highest BCUT2D eigenvalue weighted by molar-refractivity contribution is 9.09. The summed E-state index contributed by atoms with van der Waals surface area (Å²) >= 11 is 10.9. The van der Waals surface area contributed by atoms with E-state index in [9.17, 15) is 5.21 Å². The van der Waals surface area contributed by atoms with Gasteiger partial charge in [-0.3, -0.25) is 4.84 Å². The van der Waals surface area contributed by atoms with Gasteiger partial charge in [0.1, 0.15) is 0 Å². The van der Waals surface area contributed by atoms with Crippen molar-refractivity contribution >= 4 is 27.5 Å². The predicted octanol–water partition coefficient (Wildman–Crippen LogP) is 5.31. The molecule has 1 N–H and O–H groups in total. The Bertz CT molecular complexity index is 479. The van der Waals surface area contributed by atoms with E-state index < -0.39 is 10.6 Å². The first-order chi connectivity index (χ1) is 10.6. The molecule has 0 aromatic heterocycles. The van der Waals surface area contributed by atoms with E-state index >= 15 is 0 Å². The summed E-state index contributed by atoms with van der Waals surface area (Å²) in [6.45, 7) is 16.7. The van der Waals surface area contributed by atoms with Crippen LogP contribution in [0.2, 0.25) is 0 Å². The lowest BCUT2D eigenvalue weighted by Crippen LogP contribution is -2.74. The third kappa shape index (κ3) is 3.18. The van der Waals surface area contributed by atoms with Gasteiger partial charge in [-0.25, -0.2) is 0 Å². The van der Waals surface area contributed by atoms with E-state index in [1.165, 1.54) is 11.5 Å². The van der Waals surface area contributed by atoms with Crippen LogP contribution < -0.4 is 0 Å². The number of halogens is 2. The van der Waals surface area contributed by atoms with Crippen molar-refractivity contribution in [1.82, 2.24) is 10.1 Å². The van der Waals surface area contributed by atoms with Gasteiger partial charge in [-0.05, 0) is 81.1 Å². The van der Waals surface area contributed by atoms with E-state index in [1.54, 1.807) is 0 Å². The number of alkyl halides is 2. The van der Waals surface area contributed by atoms with Gasteiger partial charge in [0.15, 0.2) is 5.06 Å². The van der Waals surface area contributed by atoms with E-state index in [0.717, 1.165) is 12.8 Å². The van der Waals surface area contributed by atoms with Crippen molar-refractivity contribution in [2.45, 2.75) is 113 Å². The summed E-state index contributed by atoms with van der Waals surface area (Å²) in [6, 6.07) is 0. The lowest BCUT2D eigenvalue weighted by Gasteiger charge is -2.62. The molecule has 0 aromatic rings. The Morgan fingerprint density at radius 3 is 1.88 bits per heavy atom. The fraction of sp³-hybridized carbons (Fsp3) is 1.00. The maximum atomic E-state index is 10.8. The van der Waals surface area contributed by atoms with E-state index in [0.29, 0.717) is 6.42 Å². The molecule has 2 rings (SSSR count). The highest BCUT2D eigenvalue weighted by Gasteiger charge is 2.63. The molecule has 0 saturated carbocycles. The smallest absolute Gasteiger partial charge is 0.195 e. The van der Waals surface area contributed by atoms with Crippen LogP contribution in [0.1, 0.15) is 81.1 Å². The Balaban J connectivity index is 2.42. The molecule has 0 radical (unpaired) electrons. The zero-order valence-corrected chi connectivity index (χ0v) is 18.8. The minimum absolute atomic E-state index is 0.0893. The minimum atomic E-state index is -1.08. The highest BCUT2D eigenvalue weighted by atomic mass is 79.9. The van der Waals surface area contributed by atoms with Crippen molar-refractivity contribution in [3.05, 3.63) is 0 Å². The first kappa shape index (κ1) is 20.9. The van der Waals surface area contributed by atoms with Crippen LogP contribution in [-0.2, 0) is 4.84 Å². The molecule has 0 aromatic carbocycles. The molecule has 2 heterocycles. The maximum absolute atomic E-state index is 10.8. The van der Waals surface area contributed by atoms with Crippen molar-refractivity contribution < 1.29 is 10.0 Å². The topological polar surface area (TPSA) is 35.9 Å². The molecule has 2 saturated heterocycles. The van der Waals surface area contributed by atoms with Gasteiger partial charge in [-0.15, -0.1) is 0 Å². The molecule has 2 atom stereocenters. The highest BCUT2D eigenvalue weighted by Crippen LogP contribution is 2.53. The second-order valence-electron chi connectivity index (χ2n) is 9.86. The minimum Gasteiger partial charge on any atom is -0.313 e. The standard InChI is InChI=1S/C18H34BrClN2O2/c1-14(2)10-9-11-15(3,4)22(14)24-18(20)13(19)12-16(5,6)21(23)17(18,7)8/h13,23H,9-12H2,1-8H3. The third-order valence-corrected chi connectivity index (χ3v) is 7.95. The summed E-state index contributed by atoms with van der Waals surface area (Å²) in [7, 11) is 0. The number of nitrogens with zero attached hydrogens (tertiary/aromatic N) is 2. The van der Waals surface area contributed by atoms with E-state index in [-0.39, 0.29) is 21.4 Å². The summed E-state index contributed by atoms with van der Waals surface area (Å²) in [5.41, 5.74) is -1.38. The summed E-state index contributed by atoms with van der Waals surface area (Å²) in [5.74, 6) is 0. The first-order valence-electron chi connectivity index (χ1n) is 8.90. The maximum Gasteiger partial charge on any atom is 0.195 e. The molecule has 2 fully saturated rings. The zero-order valence-electron chi connectivity index (χ0n) is 16.4. The Morgan fingerprint density at radius 1 is 0.958 bits per heavy atom. The number of piperidine rings is 2. The van der Waals surface area contributed by atoms with Crippen LogP contribution in [-0.4, -0.2) is 47.4 Å². The Morgan fingerprint density at radius 2 is 1.42 bits per heavy atom. The number of hydrogen-bond acceptors (Lipinski definition) is 4. The van der Waals surface area contributed by atoms with Crippen LogP contribution in [0.5, 0.6) is 0 Å². The molecular formula is C18H34BrClN2O2. The van der Waals surface area contributed by atoms with Crippen LogP contribution in [0.4, 0.5) is 0 Å². The molecule has 6 heteroatoms. The van der Waals surface area contributed by atoms with E-state index in [4.69, 9.17) is 16.4 Å². The molecule has 4 nitrogen and oxygen atoms in total. The van der Waals surface area contributed by atoms with E-state index in [2.05, 4.69) is 48.7 Å². The fourth-order valence-corrected chi connectivity index (χ4v) is 6.13. The molecule has 0 bridgehead atoms. The van der Waals surface area contributed by atoms with Gasteiger partial charge >= 0.3 is 0 Å². The van der Waals surface area contributed by atoms with Gasteiger partial charge in [-0.2, -0.15) is 10.1 Å². The molecule has 142 valence electrons. The molecule has 2 aliphatic heterocycles. The van der Waals surface area contributed by atoms with Crippen molar-refractivity contribution in [3.8, 4) is 0 Å². The predicted molar refractivity (Wildman–Crippen MR) is 103 cm³/mol. The van der Waals surface area contributed by atoms with Crippen LogP contribution >= 0.6 is 27.5 Å². The van der Waals surface area contributed by atoms with Gasteiger partial charge in [0, 0.05) is 16.6 Å². The Kier molecular flexibility index (Phi) is 5.29. The summed E-state index contributed by atoms with van der Waals surface area (Å²) in [6.07, 6.45) is 3.98. The third-order valence-electron chi connectivity index (χ3n) is 5.92. The summed E-state index contributed by atoms with van der Waals surface area (Å²) in [5, 5.41) is 13.2. The zero-order chi connectivity index (χ0) is 18.8. The molecule has 0 amide bonds. The monoisotopic (exact) mass is 424 g/mol. The average molecular weight is 426 g/mol. The lowest BCUT2D eigenvalue weighted by atomic mass is 9.78. The normalized spacial score (nSPS) is 38.9. The van der Waals surface area contributed by atoms with Crippen molar-refractivity contribution in [2.24, 2.45) is 0 Å². The molecule has 0 spiro atoms. The van der Waals surface area contributed by atoms with Crippen molar-refractivity contribution in [3.63, 3.8) is 0 Å². The number of hydrogen-bond donors (Lipinski definition) is 1. The molecule has 0 aliphatic carbocycles. The van der Waals surface area contributed by atoms with Crippen LogP contribution in [0.15, 0.2) is 0 Å². The molecule has 2 aliphatic rings. The van der Waals surface area contributed by atoms with Crippen LogP contribution in [0, 0.1) is 0 Å². The van der Waals surface area contributed by atoms with Gasteiger partial charge in [-0.1, -0.05) is 27.5 Å². The second kappa shape index (κ2) is 6.07. The van der Waals surface area contributed by atoms with Crippen LogP contribution in [0.3, 0.4) is 0 Å². The van der Waals surface area contributed by atoms with Crippen LogP contribution in [0.25, 0.3) is 0 Å². The van der Waals surface area contributed by atoms with Gasteiger partial charge in [0.25, 0.3) is 0 Å². The second-order valence-corrected chi connectivity index (χ2v) is 11.5. The summed E-state index contributed by atoms with van der Waals surface area (Å²) in [4.78, 5) is 6.50. The Hall–Kier alpha value is 0.610. The van der Waals surface area contributed by atoms with Crippen molar-refractivity contribution in [1.29, 1.82) is 0 Å².